The lowest BCUT2D eigenvalue weighted by Crippen LogP contribution is -2.22. The van der Waals surface area contributed by atoms with Crippen LogP contribution in [0.4, 0.5) is 15.8 Å². The molecule has 0 fully saturated rings. The number of nitrogens with zero attached hydrogens (tertiary/aromatic N) is 3. The molecule has 7 nitrogen and oxygen atoms in total. The maximum Gasteiger partial charge on any atom is 0.306 e. The molecule has 0 saturated carbocycles. The molecule has 3 rings (SSSR count). The van der Waals surface area contributed by atoms with Gasteiger partial charge in [-0.25, -0.2) is 9.97 Å². The van der Waals surface area contributed by atoms with Crippen LogP contribution in [-0.4, -0.2) is 26.0 Å². The standard InChI is InChI=1S/C20H17FN4O3S/c1-12-10-17(14-6-4-3-5-7-14)24-20(22-12)29-13(2)19(26)23-15-8-9-16(21)18(11-15)25(27)28/h3-11,13H,1-2H3,(H,23,26)/t13-/m1/s1. The van der Waals surface area contributed by atoms with Crippen molar-refractivity contribution in [1.29, 1.82) is 0 Å². The molecular formula is C20H17FN4O3S. The predicted octanol–water partition coefficient (Wildman–Crippen LogP) is 4.62. The first kappa shape index (κ1) is 20.4. The number of nitro groups is 1. The van der Waals surface area contributed by atoms with Crippen molar-refractivity contribution >= 4 is 29.0 Å². The van der Waals surface area contributed by atoms with Crippen molar-refractivity contribution in [3.05, 3.63) is 76.2 Å². The van der Waals surface area contributed by atoms with E-state index >= 15 is 0 Å². The minimum atomic E-state index is -0.961. The molecule has 29 heavy (non-hydrogen) atoms. The summed E-state index contributed by atoms with van der Waals surface area (Å²) in [5.41, 5.74) is 1.91. The van der Waals surface area contributed by atoms with Crippen LogP contribution in [0.2, 0.25) is 0 Å². The van der Waals surface area contributed by atoms with E-state index in [4.69, 9.17) is 0 Å². The third kappa shape index (κ3) is 5.14. The van der Waals surface area contributed by atoms with E-state index in [-0.39, 0.29) is 5.69 Å². The number of benzene rings is 2. The van der Waals surface area contributed by atoms with Gasteiger partial charge in [0.2, 0.25) is 11.7 Å². The molecule has 0 bridgehead atoms. The summed E-state index contributed by atoms with van der Waals surface area (Å²) in [6.45, 7) is 3.52. The van der Waals surface area contributed by atoms with Gasteiger partial charge in [0, 0.05) is 23.0 Å². The van der Waals surface area contributed by atoms with Crippen molar-refractivity contribution in [2.24, 2.45) is 0 Å². The van der Waals surface area contributed by atoms with Gasteiger partial charge >= 0.3 is 5.69 Å². The maximum atomic E-state index is 13.4. The van der Waals surface area contributed by atoms with E-state index in [0.717, 1.165) is 29.1 Å². The molecule has 1 atom stereocenters. The first-order valence-corrected chi connectivity index (χ1v) is 9.54. The van der Waals surface area contributed by atoms with Crippen molar-refractivity contribution in [2.75, 3.05) is 5.32 Å². The molecule has 0 saturated heterocycles. The van der Waals surface area contributed by atoms with E-state index in [9.17, 15) is 19.3 Å². The van der Waals surface area contributed by atoms with Gasteiger partial charge in [0.05, 0.1) is 15.9 Å². The number of carbonyl (C=O) groups excluding carboxylic acids is 1. The van der Waals surface area contributed by atoms with Crippen LogP contribution in [0.3, 0.4) is 0 Å². The van der Waals surface area contributed by atoms with Crippen LogP contribution in [0.25, 0.3) is 11.3 Å². The number of hydrogen-bond donors (Lipinski definition) is 1. The van der Waals surface area contributed by atoms with E-state index in [0.29, 0.717) is 5.16 Å². The van der Waals surface area contributed by atoms with Crippen molar-refractivity contribution in [3.63, 3.8) is 0 Å². The molecule has 0 aliphatic carbocycles. The first-order valence-electron chi connectivity index (χ1n) is 8.66. The molecule has 3 aromatic rings. The molecule has 9 heteroatoms. The Morgan fingerprint density at radius 1 is 1.17 bits per heavy atom. The van der Waals surface area contributed by atoms with Gasteiger partial charge in [0.15, 0.2) is 5.16 Å². The van der Waals surface area contributed by atoms with Gasteiger partial charge in [0.1, 0.15) is 0 Å². The number of rotatable bonds is 6. The Morgan fingerprint density at radius 2 is 1.90 bits per heavy atom. The van der Waals surface area contributed by atoms with Crippen LogP contribution in [0.5, 0.6) is 0 Å². The minimum Gasteiger partial charge on any atom is -0.325 e. The van der Waals surface area contributed by atoms with Crippen LogP contribution < -0.4 is 5.32 Å². The number of halogens is 1. The Hall–Kier alpha value is -3.33. The highest BCUT2D eigenvalue weighted by Crippen LogP contribution is 2.26. The lowest BCUT2D eigenvalue weighted by Gasteiger charge is -2.12. The molecule has 148 valence electrons. The van der Waals surface area contributed by atoms with Crippen LogP contribution in [0, 0.1) is 22.9 Å². The van der Waals surface area contributed by atoms with E-state index in [1.165, 1.54) is 17.8 Å². The third-order valence-electron chi connectivity index (χ3n) is 3.97. The van der Waals surface area contributed by atoms with Crippen molar-refractivity contribution in [3.8, 4) is 11.3 Å². The van der Waals surface area contributed by atoms with Gasteiger partial charge in [-0.1, -0.05) is 42.1 Å². The second kappa shape index (κ2) is 8.78. The van der Waals surface area contributed by atoms with Crippen LogP contribution in [0.1, 0.15) is 12.6 Å². The normalized spacial score (nSPS) is 11.7. The Balaban J connectivity index is 1.74. The number of nitrogens with one attached hydrogen (secondary N) is 1. The zero-order valence-electron chi connectivity index (χ0n) is 15.6. The number of thioether (sulfide) groups is 1. The Kier molecular flexibility index (Phi) is 6.18. The molecule has 0 aliphatic heterocycles. The molecular weight excluding hydrogens is 395 g/mol. The minimum absolute atomic E-state index is 0.144. The van der Waals surface area contributed by atoms with Crippen LogP contribution >= 0.6 is 11.8 Å². The lowest BCUT2D eigenvalue weighted by molar-refractivity contribution is -0.387. The summed E-state index contributed by atoms with van der Waals surface area (Å²) in [7, 11) is 0. The zero-order valence-corrected chi connectivity index (χ0v) is 16.4. The van der Waals surface area contributed by atoms with Crippen molar-refractivity contribution in [1.82, 2.24) is 9.97 Å². The van der Waals surface area contributed by atoms with E-state index in [1.54, 1.807) is 6.92 Å². The quantitative estimate of drug-likeness (QED) is 0.275. The highest BCUT2D eigenvalue weighted by Gasteiger charge is 2.20. The van der Waals surface area contributed by atoms with E-state index in [1.807, 2.05) is 43.3 Å². The molecule has 0 unspecified atom stereocenters. The van der Waals surface area contributed by atoms with E-state index in [2.05, 4.69) is 15.3 Å². The summed E-state index contributed by atoms with van der Waals surface area (Å²) < 4.78 is 13.4. The number of amides is 1. The Labute approximate surface area is 170 Å². The maximum absolute atomic E-state index is 13.4. The summed E-state index contributed by atoms with van der Waals surface area (Å²) in [5, 5.41) is 13.3. The Morgan fingerprint density at radius 3 is 2.59 bits per heavy atom. The molecule has 2 aromatic carbocycles. The fourth-order valence-electron chi connectivity index (χ4n) is 2.54. The van der Waals surface area contributed by atoms with Crippen molar-refractivity contribution < 1.29 is 14.1 Å². The topological polar surface area (TPSA) is 98.0 Å². The van der Waals surface area contributed by atoms with Gasteiger partial charge in [-0.3, -0.25) is 14.9 Å². The van der Waals surface area contributed by atoms with Gasteiger partial charge in [-0.15, -0.1) is 0 Å². The molecule has 0 spiro atoms. The molecule has 1 aromatic heterocycles. The second-order valence-electron chi connectivity index (χ2n) is 6.22. The molecule has 0 aliphatic rings. The number of anilines is 1. The summed E-state index contributed by atoms with van der Waals surface area (Å²) >= 11 is 1.17. The van der Waals surface area contributed by atoms with Gasteiger partial charge in [-0.05, 0) is 32.0 Å². The SMILES string of the molecule is Cc1cc(-c2ccccc2)nc(S[C@H](C)C(=O)Nc2ccc(F)c([N+](=O)[O-])c2)n1. The Bertz CT molecular complexity index is 1060. The predicted molar refractivity (Wildman–Crippen MR) is 109 cm³/mol. The van der Waals surface area contributed by atoms with Gasteiger partial charge in [0.25, 0.3) is 0 Å². The van der Waals surface area contributed by atoms with E-state index < -0.39 is 27.6 Å². The highest BCUT2D eigenvalue weighted by atomic mass is 32.2. The third-order valence-corrected chi connectivity index (χ3v) is 4.93. The first-order chi connectivity index (χ1) is 13.8. The van der Waals surface area contributed by atoms with Crippen LogP contribution in [0.15, 0.2) is 59.8 Å². The average Bonchev–Trinajstić information content (AvgIpc) is 2.69. The molecule has 1 amide bonds. The largest absolute Gasteiger partial charge is 0.325 e. The fourth-order valence-corrected chi connectivity index (χ4v) is 3.37. The van der Waals surface area contributed by atoms with Gasteiger partial charge < -0.3 is 5.32 Å². The zero-order chi connectivity index (χ0) is 21.0. The smallest absolute Gasteiger partial charge is 0.306 e. The van der Waals surface area contributed by atoms with Crippen molar-refractivity contribution in [2.45, 2.75) is 24.3 Å². The fraction of sp³-hybridized carbons (Fsp3) is 0.150. The summed E-state index contributed by atoms with van der Waals surface area (Å²) in [5.74, 6) is -1.36. The van der Waals surface area contributed by atoms with Gasteiger partial charge in [-0.2, -0.15) is 4.39 Å². The lowest BCUT2D eigenvalue weighted by atomic mass is 10.1. The monoisotopic (exact) mass is 412 g/mol. The highest BCUT2D eigenvalue weighted by molar-refractivity contribution is 8.00. The number of aryl methyl sites for hydroxylation is 1. The summed E-state index contributed by atoms with van der Waals surface area (Å²) in [6.07, 6.45) is 0. The number of nitro benzene ring substituents is 1. The summed E-state index contributed by atoms with van der Waals surface area (Å²) in [4.78, 5) is 31.4. The second-order valence-corrected chi connectivity index (χ2v) is 7.52. The van der Waals surface area contributed by atoms with Crippen LogP contribution in [-0.2, 0) is 4.79 Å². The molecule has 0 radical (unpaired) electrons. The molecule has 1 N–H and O–H groups in total. The summed E-state index contributed by atoms with van der Waals surface area (Å²) in [6, 6.07) is 14.7. The average molecular weight is 412 g/mol. The number of aromatic nitrogens is 2. The number of hydrogen-bond acceptors (Lipinski definition) is 6. The number of carbonyl (C=O) groups is 1. The molecule has 1 heterocycles.